The van der Waals surface area contributed by atoms with Gasteiger partial charge in [-0.1, -0.05) is 0 Å². The third-order valence-electron chi connectivity index (χ3n) is 6.07. The van der Waals surface area contributed by atoms with Crippen LogP contribution >= 0.6 is 0 Å². The van der Waals surface area contributed by atoms with E-state index in [-0.39, 0.29) is 18.1 Å². The second-order valence-corrected chi connectivity index (χ2v) is 8.78. The van der Waals surface area contributed by atoms with Crippen molar-refractivity contribution >= 4 is 28.6 Å². The number of nitrogens with one attached hydrogen (secondary N) is 2. The van der Waals surface area contributed by atoms with Gasteiger partial charge in [0.05, 0.1) is 29.9 Å². The molecular weight excluding hydrogens is 460 g/mol. The van der Waals surface area contributed by atoms with Crippen LogP contribution in [0.2, 0.25) is 0 Å². The molecule has 2 atom stereocenters. The molecule has 0 bridgehead atoms. The van der Waals surface area contributed by atoms with Gasteiger partial charge in [0.25, 0.3) is 5.91 Å². The van der Waals surface area contributed by atoms with Gasteiger partial charge in [-0.2, -0.15) is 10.2 Å². The maximum absolute atomic E-state index is 12.5. The Kier molecular flexibility index (Phi) is 6.18. The van der Waals surface area contributed by atoms with Gasteiger partial charge in [0.2, 0.25) is 5.88 Å². The van der Waals surface area contributed by atoms with Crippen molar-refractivity contribution in [2.24, 2.45) is 7.05 Å². The number of fused-ring (bicyclic) bond motifs is 1. The summed E-state index contributed by atoms with van der Waals surface area (Å²) in [6.07, 6.45) is 6.34. The predicted molar refractivity (Wildman–Crippen MR) is 131 cm³/mol. The van der Waals surface area contributed by atoms with Crippen molar-refractivity contribution < 1.29 is 14.6 Å². The maximum atomic E-state index is 12.5. The summed E-state index contributed by atoms with van der Waals surface area (Å²) in [7, 11) is 1.83. The summed E-state index contributed by atoms with van der Waals surface area (Å²) in [5.41, 5.74) is 3.35. The SMILES string of the molecule is Cc1cc(C#N)ncc1Oc1cc(Nc2ccc(C(=O)N[C@@H]3CC[C@@H](O)C3)cn2)c2ncn(C)c2n1. The Bertz CT molecular complexity index is 1480. The first-order chi connectivity index (χ1) is 17.4. The van der Waals surface area contributed by atoms with Crippen LogP contribution in [0.1, 0.15) is 40.9 Å². The Hall–Kier alpha value is -4.56. The van der Waals surface area contributed by atoms with Crippen molar-refractivity contribution in [1.29, 1.82) is 5.26 Å². The van der Waals surface area contributed by atoms with E-state index in [1.165, 1.54) is 12.4 Å². The number of aliphatic hydroxyl groups is 1. The molecule has 1 saturated carbocycles. The van der Waals surface area contributed by atoms with Crippen LogP contribution in [0.25, 0.3) is 11.2 Å². The number of nitriles is 1. The van der Waals surface area contributed by atoms with E-state index in [4.69, 9.17) is 10.00 Å². The summed E-state index contributed by atoms with van der Waals surface area (Å²) in [5, 5.41) is 24.9. The lowest BCUT2D eigenvalue weighted by Gasteiger charge is -2.13. The number of anilines is 2. The average molecular weight is 485 g/mol. The summed E-state index contributed by atoms with van der Waals surface area (Å²) >= 11 is 0. The fourth-order valence-corrected chi connectivity index (χ4v) is 4.14. The summed E-state index contributed by atoms with van der Waals surface area (Å²) in [6, 6.07) is 8.74. The largest absolute Gasteiger partial charge is 0.437 e. The topological polar surface area (TPSA) is 151 Å². The van der Waals surface area contributed by atoms with Crippen LogP contribution in [-0.2, 0) is 7.05 Å². The minimum absolute atomic E-state index is 0.0204. The van der Waals surface area contributed by atoms with Crippen LogP contribution < -0.4 is 15.4 Å². The minimum Gasteiger partial charge on any atom is -0.437 e. The molecule has 11 nitrogen and oxygen atoms in total. The van der Waals surface area contributed by atoms with Crippen LogP contribution in [0.3, 0.4) is 0 Å². The number of hydrogen-bond donors (Lipinski definition) is 3. The van der Waals surface area contributed by atoms with Crippen molar-refractivity contribution in [2.75, 3.05) is 5.32 Å². The molecule has 0 unspecified atom stereocenters. The number of aryl methyl sites for hydroxylation is 2. The van der Waals surface area contributed by atoms with Crippen LogP contribution in [0.4, 0.5) is 11.5 Å². The predicted octanol–water partition coefficient (Wildman–Crippen LogP) is 3.12. The van der Waals surface area contributed by atoms with Gasteiger partial charge in [-0.05, 0) is 49.9 Å². The lowest BCUT2D eigenvalue weighted by molar-refractivity contribution is 0.0933. The molecule has 1 fully saturated rings. The number of aliphatic hydroxyl groups excluding tert-OH is 1. The van der Waals surface area contributed by atoms with Gasteiger partial charge in [0.1, 0.15) is 23.1 Å². The van der Waals surface area contributed by atoms with Gasteiger partial charge in [0, 0.05) is 25.4 Å². The van der Waals surface area contributed by atoms with Gasteiger partial charge in [-0.25, -0.2) is 15.0 Å². The van der Waals surface area contributed by atoms with E-state index in [0.29, 0.717) is 58.4 Å². The quantitative estimate of drug-likeness (QED) is 0.375. The number of rotatable bonds is 6. The number of pyridine rings is 3. The van der Waals surface area contributed by atoms with E-state index in [2.05, 4.69) is 30.6 Å². The van der Waals surface area contributed by atoms with Gasteiger partial charge in [-0.3, -0.25) is 4.79 Å². The summed E-state index contributed by atoms with van der Waals surface area (Å²) < 4.78 is 7.76. The van der Waals surface area contributed by atoms with E-state index < -0.39 is 0 Å². The number of hydrogen-bond acceptors (Lipinski definition) is 9. The molecule has 36 heavy (non-hydrogen) atoms. The number of carbonyl (C=O) groups is 1. The van der Waals surface area contributed by atoms with Crippen molar-refractivity contribution in [3.8, 4) is 17.7 Å². The highest BCUT2D eigenvalue weighted by atomic mass is 16.5. The van der Waals surface area contributed by atoms with Crippen LogP contribution in [0.5, 0.6) is 11.6 Å². The van der Waals surface area contributed by atoms with Gasteiger partial charge in [0.15, 0.2) is 11.4 Å². The molecule has 1 aliphatic carbocycles. The van der Waals surface area contributed by atoms with E-state index in [0.717, 1.165) is 12.0 Å². The highest BCUT2D eigenvalue weighted by Gasteiger charge is 2.24. The molecule has 0 aromatic carbocycles. The van der Waals surface area contributed by atoms with Crippen LogP contribution in [0, 0.1) is 18.3 Å². The first-order valence-electron chi connectivity index (χ1n) is 11.5. The molecule has 5 rings (SSSR count). The molecule has 4 aromatic heterocycles. The average Bonchev–Trinajstić information content (AvgIpc) is 3.45. The van der Waals surface area contributed by atoms with E-state index >= 15 is 0 Å². The molecule has 0 aliphatic heterocycles. The molecule has 0 spiro atoms. The Labute approximate surface area is 206 Å². The molecule has 182 valence electrons. The van der Waals surface area contributed by atoms with Crippen molar-refractivity contribution in [3.05, 3.63) is 59.8 Å². The summed E-state index contributed by atoms with van der Waals surface area (Å²) in [6.45, 7) is 1.83. The lowest BCUT2D eigenvalue weighted by Crippen LogP contribution is -2.33. The molecule has 1 aliphatic rings. The molecular formula is C25H24N8O3. The van der Waals surface area contributed by atoms with E-state index in [1.54, 1.807) is 35.2 Å². The Morgan fingerprint density at radius 2 is 2.08 bits per heavy atom. The number of aromatic nitrogens is 5. The second kappa shape index (κ2) is 9.59. The highest BCUT2D eigenvalue weighted by Crippen LogP contribution is 2.31. The summed E-state index contributed by atoms with van der Waals surface area (Å²) in [5.74, 6) is 1.10. The van der Waals surface area contributed by atoms with Crippen LogP contribution in [0.15, 0.2) is 43.0 Å². The van der Waals surface area contributed by atoms with Gasteiger partial charge < -0.3 is 25.0 Å². The Balaban J connectivity index is 1.37. The summed E-state index contributed by atoms with van der Waals surface area (Å²) in [4.78, 5) is 30.0. The first kappa shape index (κ1) is 23.2. The molecule has 4 heterocycles. The second-order valence-electron chi connectivity index (χ2n) is 8.78. The minimum atomic E-state index is -0.352. The standard InChI is InChI=1S/C25H24N8O3/c1-14-7-17(10-26)27-12-20(14)36-22-9-19(23-24(32-22)33(2)13-29-23)31-21-6-3-15(11-28-21)25(35)30-16-4-5-18(34)8-16/h3,6-7,9,11-13,16,18,34H,4-5,8H2,1-2H3,(H,30,35)(H,28,31,32)/t16-,18-/m1/s1. The Morgan fingerprint density at radius 3 is 2.78 bits per heavy atom. The van der Waals surface area contributed by atoms with Gasteiger partial charge in [-0.15, -0.1) is 0 Å². The van der Waals surface area contributed by atoms with Gasteiger partial charge >= 0.3 is 0 Å². The molecule has 4 aromatic rings. The van der Waals surface area contributed by atoms with Crippen molar-refractivity contribution in [1.82, 2.24) is 29.8 Å². The third-order valence-corrected chi connectivity index (χ3v) is 6.07. The monoisotopic (exact) mass is 484 g/mol. The molecule has 0 radical (unpaired) electrons. The lowest BCUT2D eigenvalue weighted by atomic mass is 10.2. The number of carbonyl (C=O) groups excluding carboxylic acids is 1. The highest BCUT2D eigenvalue weighted by molar-refractivity contribution is 5.94. The van der Waals surface area contributed by atoms with Crippen LogP contribution in [-0.4, -0.2) is 47.7 Å². The van der Waals surface area contributed by atoms with Crippen molar-refractivity contribution in [3.63, 3.8) is 0 Å². The maximum Gasteiger partial charge on any atom is 0.253 e. The molecule has 11 heteroatoms. The fourth-order valence-electron chi connectivity index (χ4n) is 4.14. The number of ether oxygens (including phenoxy) is 1. The zero-order valence-electron chi connectivity index (χ0n) is 19.8. The Morgan fingerprint density at radius 1 is 1.22 bits per heavy atom. The zero-order chi connectivity index (χ0) is 25.2. The molecule has 1 amide bonds. The molecule has 3 N–H and O–H groups in total. The first-order valence-corrected chi connectivity index (χ1v) is 11.5. The number of amides is 1. The zero-order valence-corrected chi connectivity index (χ0v) is 19.8. The smallest absolute Gasteiger partial charge is 0.253 e. The van der Waals surface area contributed by atoms with E-state index in [1.807, 2.05) is 20.0 Å². The van der Waals surface area contributed by atoms with Crippen molar-refractivity contribution in [2.45, 2.75) is 38.3 Å². The fraction of sp³-hybridized carbons (Fsp3) is 0.280. The van der Waals surface area contributed by atoms with E-state index in [9.17, 15) is 9.90 Å². The third kappa shape index (κ3) is 4.80. The normalized spacial score (nSPS) is 17.1. The molecule has 0 saturated heterocycles. The number of nitrogens with zero attached hydrogens (tertiary/aromatic N) is 6. The number of imidazole rings is 1.